The first-order chi connectivity index (χ1) is 5.77. The van der Waals surface area contributed by atoms with E-state index in [4.69, 9.17) is 5.26 Å². The summed E-state index contributed by atoms with van der Waals surface area (Å²) < 4.78 is 12.7. The van der Waals surface area contributed by atoms with E-state index in [9.17, 15) is 4.39 Å². The van der Waals surface area contributed by atoms with Gasteiger partial charge in [-0.2, -0.15) is 17.0 Å². The topological polar surface area (TPSA) is 23.8 Å². The quantitative estimate of drug-likeness (QED) is 0.700. The fraction of sp³-hybridized carbons (Fsp3) is 0.222. The Hall–Kier alpha value is -1.01. The SMILES string of the molecule is CSCc1cc(F)ccc1C#N. The van der Waals surface area contributed by atoms with Crippen LogP contribution in [0.3, 0.4) is 0 Å². The maximum atomic E-state index is 12.7. The zero-order valence-corrected chi connectivity index (χ0v) is 7.49. The summed E-state index contributed by atoms with van der Waals surface area (Å²) in [4.78, 5) is 0. The Labute approximate surface area is 75.2 Å². The van der Waals surface area contributed by atoms with Gasteiger partial charge in [0.05, 0.1) is 11.6 Å². The average molecular weight is 181 g/mol. The van der Waals surface area contributed by atoms with Gasteiger partial charge in [0.25, 0.3) is 0 Å². The third-order valence-corrected chi connectivity index (χ3v) is 2.09. The number of hydrogen-bond donors (Lipinski definition) is 0. The molecule has 0 aromatic heterocycles. The lowest BCUT2D eigenvalue weighted by molar-refractivity contribution is 0.626. The van der Waals surface area contributed by atoms with Crippen LogP contribution in [-0.4, -0.2) is 6.26 Å². The molecule has 0 fully saturated rings. The molecule has 0 atom stereocenters. The molecule has 0 radical (unpaired) electrons. The predicted octanol–water partition coefficient (Wildman–Crippen LogP) is 2.56. The number of rotatable bonds is 2. The standard InChI is InChI=1S/C9H8FNS/c1-12-6-8-4-9(10)3-2-7(8)5-11/h2-4H,6H2,1H3. The van der Waals surface area contributed by atoms with Crippen LogP contribution in [0.25, 0.3) is 0 Å². The monoisotopic (exact) mass is 181 g/mol. The summed E-state index contributed by atoms with van der Waals surface area (Å²) >= 11 is 1.58. The van der Waals surface area contributed by atoms with Crippen LogP contribution in [0, 0.1) is 17.1 Å². The van der Waals surface area contributed by atoms with E-state index in [1.165, 1.54) is 18.2 Å². The summed E-state index contributed by atoms with van der Waals surface area (Å²) in [5.41, 5.74) is 1.33. The molecule has 0 aliphatic heterocycles. The molecular formula is C9H8FNS. The maximum absolute atomic E-state index is 12.7. The fourth-order valence-electron chi connectivity index (χ4n) is 0.946. The van der Waals surface area contributed by atoms with Crippen molar-refractivity contribution < 1.29 is 4.39 Å². The van der Waals surface area contributed by atoms with E-state index in [1.54, 1.807) is 11.8 Å². The highest BCUT2D eigenvalue weighted by Crippen LogP contribution is 2.15. The Bertz CT molecular complexity index is 317. The molecule has 0 aliphatic rings. The Morgan fingerprint density at radius 2 is 2.33 bits per heavy atom. The van der Waals surface area contributed by atoms with Gasteiger partial charge >= 0.3 is 0 Å². The lowest BCUT2D eigenvalue weighted by atomic mass is 10.1. The smallest absolute Gasteiger partial charge is 0.123 e. The van der Waals surface area contributed by atoms with E-state index in [1.807, 2.05) is 12.3 Å². The van der Waals surface area contributed by atoms with Crippen LogP contribution in [-0.2, 0) is 5.75 Å². The van der Waals surface area contributed by atoms with Crippen molar-refractivity contribution in [2.45, 2.75) is 5.75 Å². The van der Waals surface area contributed by atoms with Crippen LogP contribution >= 0.6 is 11.8 Å². The minimum absolute atomic E-state index is 0.280. The zero-order chi connectivity index (χ0) is 8.97. The van der Waals surface area contributed by atoms with Crippen molar-refractivity contribution in [3.05, 3.63) is 35.1 Å². The predicted molar refractivity (Wildman–Crippen MR) is 48.3 cm³/mol. The van der Waals surface area contributed by atoms with Crippen molar-refractivity contribution in [3.63, 3.8) is 0 Å². The normalized spacial score (nSPS) is 9.42. The van der Waals surface area contributed by atoms with E-state index in [-0.39, 0.29) is 5.82 Å². The molecule has 0 N–H and O–H groups in total. The van der Waals surface area contributed by atoms with Crippen molar-refractivity contribution in [1.82, 2.24) is 0 Å². The molecule has 1 rings (SSSR count). The highest BCUT2D eigenvalue weighted by atomic mass is 32.2. The van der Waals surface area contributed by atoms with Gasteiger partial charge in [0.2, 0.25) is 0 Å². The molecule has 62 valence electrons. The Morgan fingerprint density at radius 1 is 1.58 bits per heavy atom. The molecule has 0 spiro atoms. The molecule has 12 heavy (non-hydrogen) atoms. The second-order valence-corrected chi connectivity index (χ2v) is 3.21. The van der Waals surface area contributed by atoms with Crippen LogP contribution < -0.4 is 0 Å². The van der Waals surface area contributed by atoms with Crippen molar-refractivity contribution in [1.29, 1.82) is 5.26 Å². The van der Waals surface area contributed by atoms with Crippen molar-refractivity contribution >= 4 is 11.8 Å². The third-order valence-electron chi connectivity index (χ3n) is 1.49. The minimum Gasteiger partial charge on any atom is -0.207 e. The lowest BCUT2D eigenvalue weighted by Gasteiger charge is -2.00. The number of nitriles is 1. The van der Waals surface area contributed by atoms with Crippen LogP contribution in [0.1, 0.15) is 11.1 Å². The van der Waals surface area contributed by atoms with Crippen molar-refractivity contribution in [2.75, 3.05) is 6.26 Å². The van der Waals surface area contributed by atoms with Gasteiger partial charge in [-0.1, -0.05) is 0 Å². The molecular weight excluding hydrogens is 173 g/mol. The van der Waals surface area contributed by atoms with E-state index >= 15 is 0 Å². The van der Waals surface area contributed by atoms with Crippen LogP contribution in [0.2, 0.25) is 0 Å². The Kier molecular flexibility index (Phi) is 3.12. The Morgan fingerprint density at radius 3 is 2.92 bits per heavy atom. The number of halogens is 1. The first kappa shape index (κ1) is 9.08. The largest absolute Gasteiger partial charge is 0.207 e. The molecule has 1 nitrogen and oxygen atoms in total. The van der Waals surface area contributed by atoms with Gasteiger partial charge < -0.3 is 0 Å². The summed E-state index contributed by atoms with van der Waals surface area (Å²) in [7, 11) is 0. The third kappa shape index (κ3) is 1.99. The number of nitrogens with zero attached hydrogens (tertiary/aromatic N) is 1. The molecule has 0 aliphatic carbocycles. The number of thioether (sulfide) groups is 1. The van der Waals surface area contributed by atoms with Crippen LogP contribution in [0.15, 0.2) is 18.2 Å². The maximum Gasteiger partial charge on any atom is 0.123 e. The van der Waals surface area contributed by atoms with Gasteiger partial charge in [-0.05, 0) is 30.0 Å². The van der Waals surface area contributed by atoms with Gasteiger partial charge in [0.15, 0.2) is 0 Å². The summed E-state index contributed by atoms with van der Waals surface area (Å²) in [6.45, 7) is 0. The van der Waals surface area contributed by atoms with Crippen LogP contribution in [0.5, 0.6) is 0 Å². The van der Waals surface area contributed by atoms with Gasteiger partial charge in [-0.3, -0.25) is 0 Å². The van der Waals surface area contributed by atoms with E-state index in [0.717, 1.165) is 5.56 Å². The molecule has 0 amide bonds. The first-order valence-electron chi connectivity index (χ1n) is 3.45. The molecule has 3 heteroatoms. The lowest BCUT2D eigenvalue weighted by Crippen LogP contribution is -1.88. The summed E-state index contributed by atoms with van der Waals surface area (Å²) in [6, 6.07) is 6.26. The molecule has 1 aromatic carbocycles. The van der Waals surface area contributed by atoms with E-state index in [2.05, 4.69) is 0 Å². The molecule has 0 saturated heterocycles. The van der Waals surface area contributed by atoms with Crippen LogP contribution in [0.4, 0.5) is 4.39 Å². The molecule has 0 unspecified atom stereocenters. The van der Waals surface area contributed by atoms with E-state index in [0.29, 0.717) is 11.3 Å². The molecule has 0 bridgehead atoms. The highest BCUT2D eigenvalue weighted by Gasteiger charge is 2.01. The first-order valence-corrected chi connectivity index (χ1v) is 4.84. The van der Waals surface area contributed by atoms with Gasteiger partial charge in [-0.15, -0.1) is 0 Å². The molecule has 0 saturated carbocycles. The summed E-state index contributed by atoms with van der Waals surface area (Å²) in [5, 5.41) is 8.65. The second kappa shape index (κ2) is 4.13. The zero-order valence-electron chi connectivity index (χ0n) is 6.67. The van der Waals surface area contributed by atoms with Gasteiger partial charge in [0.1, 0.15) is 5.82 Å². The van der Waals surface area contributed by atoms with E-state index < -0.39 is 0 Å². The fourth-order valence-corrected chi connectivity index (χ4v) is 1.50. The second-order valence-electron chi connectivity index (χ2n) is 2.35. The van der Waals surface area contributed by atoms with Gasteiger partial charge in [-0.25, -0.2) is 4.39 Å². The molecule has 0 heterocycles. The molecule has 1 aromatic rings. The average Bonchev–Trinajstić information content (AvgIpc) is 2.05. The van der Waals surface area contributed by atoms with Gasteiger partial charge in [0, 0.05) is 5.75 Å². The summed E-state index contributed by atoms with van der Waals surface area (Å²) in [6.07, 6.45) is 1.92. The minimum atomic E-state index is -0.280. The van der Waals surface area contributed by atoms with Crippen molar-refractivity contribution in [3.8, 4) is 6.07 Å². The highest BCUT2D eigenvalue weighted by molar-refractivity contribution is 7.97. The number of benzene rings is 1. The Balaban J connectivity index is 3.06. The number of hydrogen-bond acceptors (Lipinski definition) is 2. The summed E-state index contributed by atoms with van der Waals surface area (Å²) in [5.74, 6) is 0.402. The van der Waals surface area contributed by atoms with Crippen molar-refractivity contribution in [2.24, 2.45) is 0 Å².